The predicted octanol–water partition coefficient (Wildman–Crippen LogP) is 4.10. The van der Waals surface area contributed by atoms with Gasteiger partial charge in [-0.15, -0.1) is 0 Å². The van der Waals surface area contributed by atoms with E-state index in [9.17, 15) is 4.39 Å². The number of halogens is 1. The molecule has 1 heterocycles. The molecule has 150 valence electrons. The highest BCUT2D eigenvalue weighted by molar-refractivity contribution is 5.80. The third-order valence-corrected chi connectivity index (χ3v) is 6.03. The summed E-state index contributed by atoms with van der Waals surface area (Å²) in [5.74, 6) is 0.849. The number of likely N-dealkylation sites (tertiary alicyclic amines) is 1. The number of hydrogen-bond acceptors (Lipinski definition) is 2. The fourth-order valence-electron chi connectivity index (χ4n) is 4.52. The monoisotopic (exact) mass is 375 g/mol. The minimum absolute atomic E-state index is 0.0536. The van der Waals surface area contributed by atoms with E-state index in [4.69, 9.17) is 9.73 Å². The smallest absolute Gasteiger partial charge is 0.193 e. The van der Waals surface area contributed by atoms with Crippen molar-refractivity contribution >= 4 is 5.96 Å². The lowest BCUT2D eigenvalue weighted by molar-refractivity contribution is 0.0263. The number of rotatable bonds is 6. The molecule has 2 aliphatic rings. The number of nitrogens with one attached hydrogen (secondary N) is 1. The van der Waals surface area contributed by atoms with Crippen LogP contribution in [-0.4, -0.2) is 49.7 Å². The molecule has 5 heteroatoms. The molecule has 1 aromatic carbocycles. The highest BCUT2D eigenvalue weighted by Crippen LogP contribution is 2.41. The van der Waals surface area contributed by atoms with Crippen LogP contribution < -0.4 is 5.32 Å². The first-order chi connectivity index (χ1) is 13.2. The van der Waals surface area contributed by atoms with Gasteiger partial charge in [-0.25, -0.2) is 4.39 Å². The number of guanidine groups is 1. The molecule has 1 saturated heterocycles. The van der Waals surface area contributed by atoms with Gasteiger partial charge in [-0.05, 0) is 57.2 Å². The lowest BCUT2D eigenvalue weighted by atomic mass is 9.79. The van der Waals surface area contributed by atoms with Gasteiger partial charge in [-0.3, -0.25) is 4.99 Å². The lowest BCUT2D eigenvalue weighted by Gasteiger charge is -2.35. The summed E-state index contributed by atoms with van der Waals surface area (Å²) in [6.07, 6.45) is 7.21. The summed E-state index contributed by atoms with van der Waals surface area (Å²) < 4.78 is 19.2. The van der Waals surface area contributed by atoms with E-state index in [1.807, 2.05) is 12.1 Å². The predicted molar refractivity (Wildman–Crippen MR) is 109 cm³/mol. The van der Waals surface area contributed by atoms with Crippen molar-refractivity contribution in [2.45, 2.75) is 63.9 Å². The Morgan fingerprint density at radius 3 is 2.44 bits per heavy atom. The van der Waals surface area contributed by atoms with Crippen molar-refractivity contribution in [2.24, 2.45) is 4.99 Å². The number of piperidine rings is 1. The van der Waals surface area contributed by atoms with Crippen molar-refractivity contribution in [1.29, 1.82) is 0 Å². The second-order valence-corrected chi connectivity index (χ2v) is 7.81. The topological polar surface area (TPSA) is 36.9 Å². The number of benzene rings is 1. The van der Waals surface area contributed by atoms with Gasteiger partial charge in [0.25, 0.3) is 0 Å². The van der Waals surface area contributed by atoms with Crippen LogP contribution in [-0.2, 0) is 10.2 Å². The fourth-order valence-corrected chi connectivity index (χ4v) is 4.52. The van der Waals surface area contributed by atoms with Gasteiger partial charge in [0.1, 0.15) is 5.82 Å². The van der Waals surface area contributed by atoms with Crippen molar-refractivity contribution in [3.05, 3.63) is 35.6 Å². The summed E-state index contributed by atoms with van der Waals surface area (Å²) in [5.41, 5.74) is 1.29. The molecule has 0 aromatic heterocycles. The highest BCUT2D eigenvalue weighted by Gasteiger charge is 2.36. The molecule has 27 heavy (non-hydrogen) atoms. The van der Waals surface area contributed by atoms with E-state index in [0.29, 0.717) is 6.10 Å². The summed E-state index contributed by atoms with van der Waals surface area (Å²) in [7, 11) is 0. The van der Waals surface area contributed by atoms with Crippen LogP contribution in [0, 0.1) is 5.82 Å². The van der Waals surface area contributed by atoms with Crippen LogP contribution in [0.1, 0.15) is 57.9 Å². The Morgan fingerprint density at radius 2 is 1.85 bits per heavy atom. The molecule has 0 atom stereocenters. The van der Waals surface area contributed by atoms with Crippen molar-refractivity contribution < 1.29 is 9.13 Å². The number of nitrogens with zero attached hydrogens (tertiary/aromatic N) is 2. The first kappa shape index (κ1) is 20.1. The molecule has 1 aliphatic carbocycles. The van der Waals surface area contributed by atoms with Gasteiger partial charge in [-0.1, -0.05) is 25.0 Å². The fraction of sp³-hybridized carbons (Fsp3) is 0.682. The zero-order valence-electron chi connectivity index (χ0n) is 16.8. The van der Waals surface area contributed by atoms with Gasteiger partial charge in [-0.2, -0.15) is 0 Å². The van der Waals surface area contributed by atoms with Gasteiger partial charge in [0, 0.05) is 31.7 Å². The molecule has 1 aromatic rings. The van der Waals surface area contributed by atoms with Gasteiger partial charge in [0.05, 0.1) is 12.6 Å². The Labute approximate surface area is 163 Å². The van der Waals surface area contributed by atoms with Crippen LogP contribution in [0.3, 0.4) is 0 Å². The summed E-state index contributed by atoms with van der Waals surface area (Å²) in [5, 5.41) is 3.48. The second-order valence-electron chi connectivity index (χ2n) is 7.81. The lowest BCUT2D eigenvalue weighted by Crippen LogP contribution is -2.47. The van der Waals surface area contributed by atoms with Gasteiger partial charge >= 0.3 is 0 Å². The van der Waals surface area contributed by atoms with E-state index < -0.39 is 0 Å². The van der Waals surface area contributed by atoms with E-state index in [2.05, 4.69) is 24.1 Å². The van der Waals surface area contributed by atoms with E-state index >= 15 is 0 Å². The van der Waals surface area contributed by atoms with Crippen LogP contribution in [0.5, 0.6) is 0 Å². The molecule has 1 N–H and O–H groups in total. The van der Waals surface area contributed by atoms with Gasteiger partial charge in [0.2, 0.25) is 0 Å². The Kier molecular flexibility index (Phi) is 7.11. The average molecular weight is 376 g/mol. The van der Waals surface area contributed by atoms with Gasteiger partial charge in [0.15, 0.2) is 5.96 Å². The SMILES string of the molecule is CCNC(=NCC1(c2ccc(F)cc2)CCCC1)N1CCC(OCC)CC1. The Morgan fingerprint density at radius 1 is 1.19 bits per heavy atom. The molecule has 0 amide bonds. The van der Waals surface area contributed by atoms with Gasteiger partial charge < -0.3 is 15.0 Å². The normalized spacial score (nSPS) is 20.9. The summed E-state index contributed by atoms with van der Waals surface area (Å²) in [6, 6.07) is 7.08. The minimum Gasteiger partial charge on any atom is -0.378 e. The highest BCUT2D eigenvalue weighted by atomic mass is 19.1. The van der Waals surface area contributed by atoms with Crippen molar-refractivity contribution in [1.82, 2.24) is 10.2 Å². The van der Waals surface area contributed by atoms with Crippen LogP contribution in [0.25, 0.3) is 0 Å². The van der Waals surface area contributed by atoms with Crippen LogP contribution in [0.2, 0.25) is 0 Å². The summed E-state index contributed by atoms with van der Waals surface area (Å²) >= 11 is 0. The second kappa shape index (κ2) is 9.54. The molecular formula is C22H34FN3O. The molecule has 0 spiro atoms. The molecular weight excluding hydrogens is 341 g/mol. The molecule has 2 fully saturated rings. The standard InChI is InChI=1S/C22H34FN3O/c1-3-24-21(26-15-11-20(12-16-26)27-4-2)25-17-22(13-5-6-14-22)18-7-9-19(23)10-8-18/h7-10,20H,3-6,11-17H2,1-2H3,(H,24,25). The maximum atomic E-state index is 13.4. The maximum Gasteiger partial charge on any atom is 0.193 e. The number of ether oxygens (including phenoxy) is 1. The third-order valence-electron chi connectivity index (χ3n) is 6.03. The quantitative estimate of drug-likeness (QED) is 0.601. The summed E-state index contributed by atoms with van der Waals surface area (Å²) in [6.45, 7) is 8.58. The average Bonchev–Trinajstić information content (AvgIpc) is 3.17. The minimum atomic E-state index is -0.166. The van der Waals surface area contributed by atoms with E-state index in [0.717, 1.165) is 64.4 Å². The third kappa shape index (κ3) is 5.01. The largest absolute Gasteiger partial charge is 0.378 e. The van der Waals surface area contributed by atoms with E-state index in [1.54, 1.807) is 12.1 Å². The number of aliphatic imine (C=N–C) groups is 1. The van der Waals surface area contributed by atoms with Crippen LogP contribution >= 0.6 is 0 Å². The van der Waals surface area contributed by atoms with Crippen molar-refractivity contribution in [3.63, 3.8) is 0 Å². The van der Waals surface area contributed by atoms with Crippen LogP contribution in [0.4, 0.5) is 4.39 Å². The molecule has 0 unspecified atom stereocenters. The molecule has 0 radical (unpaired) electrons. The first-order valence-corrected chi connectivity index (χ1v) is 10.6. The molecule has 1 saturated carbocycles. The maximum absolute atomic E-state index is 13.4. The summed E-state index contributed by atoms with van der Waals surface area (Å²) in [4.78, 5) is 7.43. The van der Waals surface area contributed by atoms with Crippen molar-refractivity contribution in [2.75, 3.05) is 32.8 Å². The van der Waals surface area contributed by atoms with E-state index in [1.165, 1.54) is 18.4 Å². The molecule has 3 rings (SSSR count). The molecule has 1 aliphatic heterocycles. The van der Waals surface area contributed by atoms with Crippen LogP contribution in [0.15, 0.2) is 29.3 Å². The Balaban J connectivity index is 1.72. The first-order valence-electron chi connectivity index (χ1n) is 10.6. The Hall–Kier alpha value is -1.62. The number of hydrogen-bond donors (Lipinski definition) is 1. The molecule has 4 nitrogen and oxygen atoms in total. The zero-order valence-corrected chi connectivity index (χ0v) is 16.8. The zero-order chi connectivity index (χ0) is 19.1. The van der Waals surface area contributed by atoms with Crippen molar-refractivity contribution in [3.8, 4) is 0 Å². The van der Waals surface area contributed by atoms with E-state index in [-0.39, 0.29) is 11.2 Å². The Bertz CT molecular complexity index is 602. The molecule has 0 bridgehead atoms.